The number of alkyl carbamates (subject to hydrolysis) is 2. The van der Waals surface area contributed by atoms with Crippen LogP contribution in [-0.4, -0.2) is 178 Å². The minimum Gasteiger partial charge on any atom is -0.474 e. The number of rotatable bonds is 21. The van der Waals surface area contributed by atoms with E-state index in [0.29, 0.717) is 37.6 Å². The summed E-state index contributed by atoms with van der Waals surface area (Å²) >= 11 is 0. The monoisotopic (exact) mass is 1160 g/mol. The maximum Gasteiger partial charge on any atom is 0.407 e. The Morgan fingerprint density at radius 2 is 1.37 bits per heavy atom. The number of primary amides is 1. The van der Waals surface area contributed by atoms with E-state index in [1.54, 1.807) is 55.4 Å². The number of hydrogen-bond donors (Lipinski definition) is 10. The van der Waals surface area contributed by atoms with Crippen LogP contribution >= 0.6 is 0 Å². The van der Waals surface area contributed by atoms with Gasteiger partial charge in [-0.15, -0.1) is 0 Å². The van der Waals surface area contributed by atoms with E-state index in [-0.39, 0.29) is 51.1 Å². The molecule has 1 aliphatic carbocycles. The summed E-state index contributed by atoms with van der Waals surface area (Å²) in [5.74, 6) is -0.403. The van der Waals surface area contributed by atoms with Crippen LogP contribution in [0.3, 0.4) is 0 Å². The lowest BCUT2D eigenvalue weighted by atomic mass is 9.80. The van der Waals surface area contributed by atoms with Gasteiger partial charge in [-0.1, -0.05) is 36.8 Å². The number of aliphatic hydroxyl groups is 4. The fourth-order valence-corrected chi connectivity index (χ4v) is 9.47. The molecule has 3 unspecified atom stereocenters. The molecule has 0 aromatic heterocycles. The van der Waals surface area contributed by atoms with Crippen molar-refractivity contribution in [1.82, 2.24) is 31.5 Å². The van der Waals surface area contributed by atoms with Gasteiger partial charge in [0.1, 0.15) is 65.3 Å². The lowest BCUT2D eigenvalue weighted by molar-refractivity contribution is -0.313. The van der Waals surface area contributed by atoms with Gasteiger partial charge in [0.2, 0.25) is 12.2 Å². The van der Waals surface area contributed by atoms with E-state index in [1.165, 1.54) is 0 Å². The number of carbonyl (C=O) groups is 4. The minimum absolute atomic E-state index is 0.0480. The van der Waals surface area contributed by atoms with Gasteiger partial charge < -0.3 is 100 Å². The SMILES string of the molecule is C=C(NCC[C@H](O)C(=O)N[C@@H]1CC(NC(=O)OC(C)(C)C)[C@@H](O[C@H]2OC(CNC(=O)OCc3ccc(C)cc3)=CC[C@H]2NC2CN(C(=C)OC(C)(C)C)C2)[C@H](O)[C@H]1OC1OC[C@](C)(O)[C@H](CC)C1O)OC(C)(C)C.CC(C)(C)OC(N)=O. The summed E-state index contributed by atoms with van der Waals surface area (Å²) in [5, 5.41) is 61.5. The van der Waals surface area contributed by atoms with E-state index in [0.717, 1.165) is 11.1 Å². The molecule has 12 atom stereocenters. The summed E-state index contributed by atoms with van der Waals surface area (Å²) in [6, 6.07) is 4.68. The highest BCUT2D eigenvalue weighted by molar-refractivity contribution is 5.81. The van der Waals surface area contributed by atoms with Gasteiger partial charge in [-0.2, -0.15) is 0 Å². The Labute approximate surface area is 484 Å². The van der Waals surface area contributed by atoms with Crippen molar-refractivity contribution < 1.29 is 82.2 Å². The molecule has 4 aliphatic rings. The summed E-state index contributed by atoms with van der Waals surface area (Å²) in [4.78, 5) is 52.5. The molecule has 2 saturated heterocycles. The highest BCUT2D eigenvalue weighted by atomic mass is 16.7. The Morgan fingerprint density at radius 3 is 1.91 bits per heavy atom. The minimum atomic E-state index is -1.71. The average molecular weight is 1160 g/mol. The quantitative estimate of drug-likeness (QED) is 0.0589. The zero-order chi connectivity index (χ0) is 61.7. The van der Waals surface area contributed by atoms with Gasteiger partial charge in [-0.05, 0) is 147 Å². The fourth-order valence-electron chi connectivity index (χ4n) is 9.47. The topological polar surface area (TPSA) is 322 Å². The Hall–Kier alpha value is -5.60. The standard InChI is InChI=1S/C53H86N6O15.C5H11NO2/c1-15-36-41(61)47(68-29-53(36,14)66)71-43-38(57-45(63)40(60)22-23-54-31(3)72-50(5,6)7)24-39(58-49(65)74-52(11,12)13)44(42(43)62)70-46-37(56-34-26-59(27-34)32(4)73-51(8,9)10)21-20-35(69-46)25-55-48(64)67-28-33-18-16-30(2)17-19-33;1-5(2,3)8-4(6)7/h16-20,34,36-44,46-47,54,56,60-62,66H,3-4,15,21-29H2,1-2,5-14H3,(H,55,64)(H,57,63)(H,58,65);1-3H3,(H2,6,7)/t36-,37-,38-,39?,40+,41?,42-,43+,44-,46-,47?,53+;/m1./s1. The molecule has 0 bridgehead atoms. The van der Waals surface area contributed by atoms with Crippen molar-refractivity contribution in [3.05, 3.63) is 72.2 Å². The Morgan fingerprint density at radius 1 is 0.793 bits per heavy atom. The lowest BCUT2D eigenvalue weighted by Crippen LogP contribution is -2.69. The van der Waals surface area contributed by atoms with Crippen molar-refractivity contribution in [1.29, 1.82) is 0 Å². The van der Waals surface area contributed by atoms with E-state index in [4.69, 9.17) is 43.6 Å². The number of likely N-dealkylation sites (tertiary alicyclic amines) is 1. The number of hydrogen-bond acceptors (Lipinski definition) is 20. The first-order valence-electron chi connectivity index (χ1n) is 28.1. The zero-order valence-electron chi connectivity index (χ0n) is 50.9. The van der Waals surface area contributed by atoms with Gasteiger partial charge in [-0.3, -0.25) is 4.79 Å². The van der Waals surface area contributed by atoms with Crippen molar-refractivity contribution in [2.75, 3.05) is 32.8 Å². The van der Waals surface area contributed by atoms with Crippen LogP contribution in [0.5, 0.6) is 0 Å². The van der Waals surface area contributed by atoms with Gasteiger partial charge in [0.25, 0.3) is 0 Å². The number of nitrogens with two attached hydrogens (primary N) is 1. The van der Waals surface area contributed by atoms with Crippen LogP contribution in [0.4, 0.5) is 14.4 Å². The van der Waals surface area contributed by atoms with Crippen molar-refractivity contribution in [2.45, 2.75) is 231 Å². The maximum atomic E-state index is 13.9. The molecule has 0 radical (unpaired) electrons. The molecule has 11 N–H and O–H groups in total. The second-order valence-corrected chi connectivity index (χ2v) is 25.5. The first kappa shape index (κ1) is 68.9. The maximum absolute atomic E-state index is 13.9. The van der Waals surface area contributed by atoms with Crippen molar-refractivity contribution in [3.8, 4) is 0 Å². The number of carbonyl (C=O) groups excluding carboxylic acids is 4. The highest BCUT2D eigenvalue weighted by Gasteiger charge is 2.53. The number of nitrogens with one attached hydrogen (secondary N) is 5. The van der Waals surface area contributed by atoms with Crippen LogP contribution in [0.15, 0.2) is 61.0 Å². The van der Waals surface area contributed by atoms with Crippen LogP contribution in [0.25, 0.3) is 0 Å². The molecule has 1 aromatic rings. The average Bonchev–Trinajstić information content (AvgIpc) is 3.37. The normalized spacial score (nSPS) is 27.3. The number of aliphatic hydroxyl groups excluding tert-OH is 3. The fraction of sp³-hybridized carbons (Fsp3) is 0.724. The summed E-state index contributed by atoms with van der Waals surface area (Å²) in [6.45, 7) is 36.0. The molecule has 3 fully saturated rings. The number of aryl methyl sites for hydroxylation is 1. The molecule has 24 nitrogen and oxygen atoms in total. The Bertz CT molecular complexity index is 2300. The summed E-state index contributed by atoms with van der Waals surface area (Å²) < 4.78 is 53.2. The molecule has 0 spiro atoms. The van der Waals surface area contributed by atoms with E-state index in [1.807, 2.05) is 83.7 Å². The number of nitrogens with zero attached hydrogens (tertiary/aromatic N) is 1. The van der Waals surface area contributed by atoms with Gasteiger partial charge >= 0.3 is 18.3 Å². The van der Waals surface area contributed by atoms with E-state index < -0.39 is 119 Å². The van der Waals surface area contributed by atoms with Crippen LogP contribution in [-0.2, 0) is 54.0 Å². The van der Waals surface area contributed by atoms with Crippen LogP contribution in [0, 0.1) is 12.8 Å². The molecular weight excluding hydrogens is 1070 g/mol. The first-order valence-corrected chi connectivity index (χ1v) is 28.1. The second kappa shape index (κ2) is 29.3. The zero-order valence-corrected chi connectivity index (χ0v) is 50.9. The number of benzene rings is 1. The molecule has 82 heavy (non-hydrogen) atoms. The molecule has 3 aliphatic heterocycles. The number of amides is 4. The third-order valence-corrected chi connectivity index (χ3v) is 13.1. The molecular formula is C58H97N7O17. The van der Waals surface area contributed by atoms with E-state index in [2.05, 4.69) is 44.5 Å². The lowest BCUT2D eigenvalue weighted by Gasteiger charge is -2.50. The van der Waals surface area contributed by atoms with Crippen LogP contribution in [0.1, 0.15) is 134 Å². The van der Waals surface area contributed by atoms with Gasteiger partial charge in [0.05, 0.1) is 36.9 Å². The van der Waals surface area contributed by atoms with E-state index >= 15 is 0 Å². The van der Waals surface area contributed by atoms with Crippen molar-refractivity contribution >= 4 is 24.2 Å². The largest absolute Gasteiger partial charge is 0.474 e. The molecule has 1 aromatic carbocycles. The predicted octanol–water partition coefficient (Wildman–Crippen LogP) is 4.69. The van der Waals surface area contributed by atoms with E-state index in [9.17, 15) is 39.6 Å². The van der Waals surface area contributed by atoms with Gasteiger partial charge in [-0.25, -0.2) is 14.4 Å². The third-order valence-electron chi connectivity index (χ3n) is 13.1. The molecule has 3 heterocycles. The smallest absolute Gasteiger partial charge is 0.407 e. The molecule has 5 rings (SSSR count). The molecule has 1 saturated carbocycles. The summed E-state index contributed by atoms with van der Waals surface area (Å²) in [6.07, 6.45) is -10.0. The predicted molar refractivity (Wildman–Crippen MR) is 304 cm³/mol. The first-order chi connectivity index (χ1) is 37.8. The molecule has 24 heteroatoms. The van der Waals surface area contributed by atoms with Crippen LogP contribution < -0.4 is 32.3 Å². The second-order valence-electron chi connectivity index (χ2n) is 25.5. The van der Waals surface area contributed by atoms with Crippen molar-refractivity contribution in [3.63, 3.8) is 0 Å². The molecule has 4 amide bonds. The summed E-state index contributed by atoms with van der Waals surface area (Å²) in [5.41, 5.74) is 2.82. The highest BCUT2D eigenvalue weighted by Crippen LogP contribution is 2.37. The third kappa shape index (κ3) is 23.2. The van der Waals surface area contributed by atoms with Crippen LogP contribution in [0.2, 0.25) is 0 Å². The summed E-state index contributed by atoms with van der Waals surface area (Å²) in [7, 11) is 0. The van der Waals surface area contributed by atoms with Crippen molar-refractivity contribution in [2.24, 2.45) is 11.7 Å². The number of ether oxygens (including phenoxy) is 9. The molecule has 466 valence electrons. The van der Waals surface area contributed by atoms with Gasteiger partial charge in [0.15, 0.2) is 18.1 Å². The Balaban J connectivity index is 0.00000167. The Kier molecular flexibility index (Phi) is 24.6. The van der Waals surface area contributed by atoms with Gasteiger partial charge in [0, 0.05) is 31.6 Å².